The molecule has 10 nitrogen and oxygen atoms in total. The highest BCUT2D eigenvalue weighted by molar-refractivity contribution is 7.99. The number of carbonyl (C=O) groups excluding carboxylic acids is 1. The van der Waals surface area contributed by atoms with Gasteiger partial charge in [-0.1, -0.05) is 29.8 Å². The molecule has 0 aromatic heterocycles. The molecule has 0 bridgehead atoms. The van der Waals surface area contributed by atoms with Crippen LogP contribution in [0.5, 0.6) is 11.5 Å². The molecule has 37 heavy (non-hydrogen) atoms. The lowest BCUT2D eigenvalue weighted by Gasteiger charge is -2.25. The van der Waals surface area contributed by atoms with Crippen LogP contribution in [0.4, 0.5) is 11.4 Å². The summed E-state index contributed by atoms with van der Waals surface area (Å²) in [5.74, 6) is 0.507. The summed E-state index contributed by atoms with van der Waals surface area (Å²) in [5.41, 5.74) is 0.576. The number of nitrogens with one attached hydrogen (secondary N) is 1. The van der Waals surface area contributed by atoms with Crippen molar-refractivity contribution in [3.05, 3.63) is 82.4 Å². The molecule has 12 heteroatoms. The highest BCUT2D eigenvalue weighted by Gasteiger charge is 2.34. The summed E-state index contributed by atoms with van der Waals surface area (Å²) in [6.45, 7) is 1.67. The van der Waals surface area contributed by atoms with Gasteiger partial charge in [0.05, 0.1) is 24.8 Å². The van der Waals surface area contributed by atoms with E-state index in [4.69, 9.17) is 9.47 Å². The van der Waals surface area contributed by atoms with Gasteiger partial charge in [-0.2, -0.15) is 0 Å². The van der Waals surface area contributed by atoms with Gasteiger partial charge in [0.2, 0.25) is 5.91 Å². The molecule has 0 aliphatic rings. The first-order chi connectivity index (χ1) is 17.7. The molecule has 0 fully saturated rings. The Kier molecular flexibility index (Phi) is 9.36. The van der Waals surface area contributed by atoms with E-state index < -0.39 is 38.0 Å². The van der Waals surface area contributed by atoms with Crippen molar-refractivity contribution in [2.24, 2.45) is 0 Å². The lowest BCUT2D eigenvalue weighted by atomic mass is 10.2. The van der Waals surface area contributed by atoms with E-state index in [2.05, 4.69) is 5.32 Å². The first-order valence-electron chi connectivity index (χ1n) is 11.1. The average molecular weight is 546 g/mol. The van der Waals surface area contributed by atoms with Gasteiger partial charge in [0, 0.05) is 29.3 Å². The Balaban J connectivity index is 1.87. The van der Waals surface area contributed by atoms with E-state index in [1.54, 1.807) is 11.8 Å². The normalized spacial score (nSPS) is 11.0. The van der Waals surface area contributed by atoms with Crippen LogP contribution in [-0.2, 0) is 14.8 Å². The van der Waals surface area contributed by atoms with Gasteiger partial charge in [-0.15, -0.1) is 11.8 Å². The van der Waals surface area contributed by atoms with Crippen molar-refractivity contribution >= 4 is 39.1 Å². The second kappa shape index (κ2) is 12.5. The maximum absolute atomic E-state index is 13.7. The van der Waals surface area contributed by atoms with Crippen LogP contribution < -0.4 is 19.1 Å². The van der Waals surface area contributed by atoms with Gasteiger partial charge in [-0.3, -0.25) is 19.2 Å². The molecule has 0 aliphatic carbocycles. The Labute approximate surface area is 219 Å². The molecule has 1 N–H and O–H groups in total. The zero-order valence-electron chi connectivity index (χ0n) is 20.5. The summed E-state index contributed by atoms with van der Waals surface area (Å²) in [5, 5.41) is 14.3. The predicted octanol–water partition coefficient (Wildman–Crippen LogP) is 4.02. The molecular weight excluding hydrogens is 518 g/mol. The summed E-state index contributed by atoms with van der Waals surface area (Å²) in [6.07, 6.45) is 0. The Morgan fingerprint density at radius 2 is 1.76 bits per heavy atom. The van der Waals surface area contributed by atoms with E-state index in [0.717, 1.165) is 26.9 Å². The number of hydrogen-bond acceptors (Lipinski definition) is 8. The first-order valence-corrected chi connectivity index (χ1v) is 13.5. The Hall–Kier alpha value is -3.77. The molecule has 196 valence electrons. The zero-order chi connectivity index (χ0) is 27.0. The largest absolute Gasteiger partial charge is 0.497 e. The minimum absolute atomic E-state index is 0.0330. The number of carbonyl (C=O) groups is 1. The molecular formula is C25H27N3O7S2. The van der Waals surface area contributed by atoms with Gasteiger partial charge in [0.25, 0.3) is 15.7 Å². The third-order valence-corrected chi connectivity index (χ3v) is 8.11. The SMILES string of the molecule is COc1ccc(N(CC(=O)NCCSc2ccc(C)cc2)S(=O)(=O)c2ccccc2[N+](=O)[O-])c(OC)c1. The van der Waals surface area contributed by atoms with E-state index in [0.29, 0.717) is 11.5 Å². The molecule has 3 rings (SSSR count). The van der Waals surface area contributed by atoms with Crippen LogP contribution in [0.15, 0.2) is 76.5 Å². The Morgan fingerprint density at radius 1 is 1.05 bits per heavy atom. The van der Waals surface area contributed by atoms with Gasteiger partial charge in [0.15, 0.2) is 4.90 Å². The summed E-state index contributed by atoms with van der Waals surface area (Å²) in [6, 6.07) is 17.3. The fourth-order valence-corrected chi connectivity index (χ4v) is 5.78. The van der Waals surface area contributed by atoms with E-state index in [-0.39, 0.29) is 18.0 Å². The number of anilines is 1. The highest BCUT2D eigenvalue weighted by atomic mass is 32.2. The highest BCUT2D eigenvalue weighted by Crippen LogP contribution is 2.37. The second-order valence-corrected chi connectivity index (χ2v) is 10.8. The van der Waals surface area contributed by atoms with Crippen molar-refractivity contribution in [2.75, 3.05) is 37.4 Å². The fraction of sp³-hybridized carbons (Fsp3) is 0.240. The van der Waals surface area contributed by atoms with Crippen molar-refractivity contribution in [1.29, 1.82) is 0 Å². The number of amides is 1. The predicted molar refractivity (Wildman–Crippen MR) is 142 cm³/mol. The third kappa shape index (κ3) is 6.92. The van der Waals surface area contributed by atoms with Gasteiger partial charge < -0.3 is 14.8 Å². The number of para-hydroxylation sites is 1. The van der Waals surface area contributed by atoms with Crippen molar-refractivity contribution in [2.45, 2.75) is 16.7 Å². The Morgan fingerprint density at radius 3 is 2.41 bits per heavy atom. The monoisotopic (exact) mass is 545 g/mol. The van der Waals surface area contributed by atoms with E-state index in [9.17, 15) is 23.3 Å². The molecule has 0 saturated carbocycles. The van der Waals surface area contributed by atoms with Crippen LogP contribution in [0, 0.1) is 17.0 Å². The summed E-state index contributed by atoms with van der Waals surface area (Å²) < 4.78 is 38.8. The number of nitrogens with zero attached hydrogens (tertiary/aromatic N) is 2. The number of rotatable bonds is 12. The summed E-state index contributed by atoms with van der Waals surface area (Å²) >= 11 is 1.55. The smallest absolute Gasteiger partial charge is 0.289 e. The number of nitro benzene ring substituents is 1. The first kappa shape index (κ1) is 27.8. The van der Waals surface area contributed by atoms with Crippen molar-refractivity contribution in [1.82, 2.24) is 5.32 Å². The number of methoxy groups -OCH3 is 2. The topological polar surface area (TPSA) is 128 Å². The molecule has 0 saturated heterocycles. The standard InChI is InChI=1S/C25H27N3O7S2/c1-18-8-11-20(12-9-18)36-15-14-26-25(29)17-27(21-13-10-19(34-2)16-23(21)35-3)37(32,33)24-7-5-4-6-22(24)28(30)31/h4-13,16H,14-15,17H2,1-3H3,(H,26,29). The fourth-order valence-electron chi connectivity index (χ4n) is 3.42. The second-order valence-electron chi connectivity index (χ2n) is 7.79. The number of benzene rings is 3. The van der Waals surface area contributed by atoms with Gasteiger partial charge >= 0.3 is 0 Å². The minimum Gasteiger partial charge on any atom is -0.497 e. The number of sulfonamides is 1. The minimum atomic E-state index is -4.55. The van der Waals surface area contributed by atoms with E-state index in [1.165, 1.54) is 44.6 Å². The third-order valence-electron chi connectivity index (χ3n) is 5.29. The summed E-state index contributed by atoms with van der Waals surface area (Å²) in [7, 11) is -1.76. The van der Waals surface area contributed by atoms with Crippen molar-refractivity contribution in [3.63, 3.8) is 0 Å². The molecule has 0 heterocycles. The molecule has 3 aromatic carbocycles. The molecule has 0 spiro atoms. The lowest BCUT2D eigenvalue weighted by Crippen LogP contribution is -2.41. The van der Waals surface area contributed by atoms with Crippen LogP contribution >= 0.6 is 11.8 Å². The van der Waals surface area contributed by atoms with E-state index in [1.807, 2.05) is 31.2 Å². The zero-order valence-corrected chi connectivity index (χ0v) is 22.2. The number of ether oxygens (including phenoxy) is 2. The molecule has 0 atom stereocenters. The molecule has 0 aliphatic heterocycles. The van der Waals surface area contributed by atoms with Gasteiger partial charge in [-0.05, 0) is 37.3 Å². The molecule has 0 radical (unpaired) electrons. The van der Waals surface area contributed by atoms with Gasteiger partial charge in [-0.25, -0.2) is 8.42 Å². The number of nitro groups is 1. The molecule has 1 amide bonds. The average Bonchev–Trinajstić information content (AvgIpc) is 2.90. The van der Waals surface area contributed by atoms with Crippen LogP contribution in [0.1, 0.15) is 5.56 Å². The quantitative estimate of drug-likeness (QED) is 0.156. The molecule has 0 unspecified atom stereocenters. The number of thioether (sulfide) groups is 1. The lowest BCUT2D eigenvalue weighted by molar-refractivity contribution is -0.387. The number of hydrogen-bond donors (Lipinski definition) is 1. The van der Waals surface area contributed by atoms with E-state index >= 15 is 0 Å². The van der Waals surface area contributed by atoms with Gasteiger partial charge in [0.1, 0.15) is 18.0 Å². The van der Waals surface area contributed by atoms with Crippen molar-refractivity contribution < 1.29 is 27.6 Å². The van der Waals surface area contributed by atoms with Crippen LogP contribution in [-0.4, -0.2) is 52.3 Å². The van der Waals surface area contributed by atoms with Crippen LogP contribution in [0.2, 0.25) is 0 Å². The number of aryl methyl sites for hydroxylation is 1. The Bertz CT molecular complexity index is 1360. The maximum Gasteiger partial charge on any atom is 0.289 e. The maximum atomic E-state index is 13.7. The summed E-state index contributed by atoms with van der Waals surface area (Å²) in [4.78, 5) is 24.2. The van der Waals surface area contributed by atoms with Crippen LogP contribution in [0.3, 0.4) is 0 Å². The molecule has 3 aromatic rings. The van der Waals surface area contributed by atoms with Crippen molar-refractivity contribution in [3.8, 4) is 11.5 Å². The van der Waals surface area contributed by atoms with Crippen LogP contribution in [0.25, 0.3) is 0 Å².